The molecule has 2 aliphatic rings. The zero-order valence-corrected chi connectivity index (χ0v) is 21.5. The van der Waals surface area contributed by atoms with Crippen LogP contribution in [-0.2, 0) is 27.5 Å². The quantitative estimate of drug-likeness (QED) is 0.404. The number of amides is 4. The lowest BCUT2D eigenvalue weighted by atomic mass is 10.0. The van der Waals surface area contributed by atoms with Crippen LogP contribution in [0.15, 0.2) is 48.5 Å². The number of carbonyl (C=O) groups is 4. The first kappa shape index (κ1) is 27.5. The number of nitrogens with zero attached hydrogens (tertiary/aromatic N) is 1. The summed E-state index contributed by atoms with van der Waals surface area (Å²) >= 11 is 0. The molecule has 2 heterocycles. The van der Waals surface area contributed by atoms with E-state index in [9.17, 15) is 32.3 Å². The third-order valence-electron chi connectivity index (χ3n) is 6.59. The number of benzene rings is 3. The van der Waals surface area contributed by atoms with Gasteiger partial charge in [-0.1, -0.05) is 12.1 Å². The minimum Gasteiger partial charge on any atom is -0.495 e. The molecule has 41 heavy (non-hydrogen) atoms. The maximum Gasteiger partial charge on any atom is 0.412 e. The van der Waals surface area contributed by atoms with Gasteiger partial charge in [0, 0.05) is 30.7 Å². The summed E-state index contributed by atoms with van der Waals surface area (Å²) in [7, 11) is 1.35. The third kappa shape index (κ3) is 5.64. The van der Waals surface area contributed by atoms with Gasteiger partial charge in [-0.3, -0.25) is 25.0 Å². The summed E-state index contributed by atoms with van der Waals surface area (Å²) in [6, 6.07) is 8.77. The van der Waals surface area contributed by atoms with Crippen LogP contribution in [0.5, 0.6) is 17.2 Å². The predicted octanol–water partition coefficient (Wildman–Crippen LogP) is 4.41. The summed E-state index contributed by atoms with van der Waals surface area (Å²) in [6.45, 7) is -0.180. The number of halogens is 3. The predicted molar refractivity (Wildman–Crippen MR) is 136 cm³/mol. The van der Waals surface area contributed by atoms with Crippen molar-refractivity contribution in [2.45, 2.75) is 32.0 Å². The van der Waals surface area contributed by atoms with Gasteiger partial charge in [-0.25, -0.2) is 18.0 Å². The van der Waals surface area contributed by atoms with E-state index in [1.807, 2.05) is 0 Å². The fraction of sp³-hybridized carbons (Fsp3) is 0.214. The Balaban J connectivity index is 1.23. The van der Waals surface area contributed by atoms with Crippen LogP contribution in [0.2, 0.25) is 0 Å². The number of hydrogen-bond acceptors (Lipinski definition) is 7. The number of fused-ring (bicyclic) bond motifs is 1. The van der Waals surface area contributed by atoms with E-state index in [1.165, 1.54) is 30.2 Å². The molecule has 0 aliphatic carbocycles. The van der Waals surface area contributed by atoms with Crippen molar-refractivity contribution in [3.63, 3.8) is 0 Å². The van der Waals surface area contributed by atoms with Crippen LogP contribution in [0.4, 0.5) is 23.7 Å². The highest BCUT2D eigenvalue weighted by atomic mass is 19.2. The number of anilines is 1. The number of rotatable bonds is 7. The lowest BCUT2D eigenvalue weighted by Crippen LogP contribution is -2.52. The number of ether oxygens (including phenoxy) is 3. The van der Waals surface area contributed by atoms with Gasteiger partial charge < -0.3 is 19.1 Å². The molecule has 5 rings (SSSR count). The van der Waals surface area contributed by atoms with E-state index < -0.39 is 47.3 Å². The standard InChI is InChI=1S/C28H22F3N3O7/c1-39-25-15(3-2-14-12-34(27(37)24(14)25)22-8-9-23(35)33-26(22)36)13-40-28(38)32-21-7-5-17(11-20(21)31)41-16-4-6-18(29)19(30)10-16/h2-7,10-11,22H,8-9,12-13H2,1H3,(H,32,38)(H,33,35,36). The molecular weight excluding hydrogens is 547 g/mol. The molecule has 2 aliphatic heterocycles. The van der Waals surface area contributed by atoms with Gasteiger partial charge in [-0.05, 0) is 36.2 Å². The first-order valence-corrected chi connectivity index (χ1v) is 12.3. The fourth-order valence-corrected chi connectivity index (χ4v) is 4.64. The monoisotopic (exact) mass is 569 g/mol. The molecule has 2 N–H and O–H groups in total. The number of hydrogen-bond donors (Lipinski definition) is 2. The Morgan fingerprint density at radius 1 is 1.00 bits per heavy atom. The van der Waals surface area contributed by atoms with Crippen LogP contribution in [-0.4, -0.2) is 41.9 Å². The summed E-state index contributed by atoms with van der Waals surface area (Å²) in [5.41, 5.74) is 0.957. The molecule has 0 bridgehead atoms. The molecule has 0 spiro atoms. The van der Waals surface area contributed by atoms with Crippen LogP contribution >= 0.6 is 0 Å². The second kappa shape index (κ2) is 11.2. The molecule has 3 aromatic carbocycles. The molecular formula is C28H22F3N3O7. The van der Waals surface area contributed by atoms with E-state index in [1.54, 1.807) is 12.1 Å². The summed E-state index contributed by atoms with van der Waals surface area (Å²) in [5, 5.41) is 4.50. The SMILES string of the molecule is COc1c(COC(=O)Nc2ccc(Oc3ccc(F)c(F)c3)cc2F)ccc2c1C(=O)N(C1CCC(=O)NC1=O)C2. The van der Waals surface area contributed by atoms with Crippen LogP contribution < -0.4 is 20.1 Å². The molecule has 1 unspecified atom stereocenters. The zero-order valence-electron chi connectivity index (χ0n) is 21.5. The van der Waals surface area contributed by atoms with E-state index in [0.717, 1.165) is 18.2 Å². The van der Waals surface area contributed by atoms with Gasteiger partial charge in [0.05, 0.1) is 18.4 Å². The van der Waals surface area contributed by atoms with Crippen LogP contribution in [0.25, 0.3) is 0 Å². The lowest BCUT2D eigenvalue weighted by Gasteiger charge is -2.29. The number of imide groups is 1. The summed E-state index contributed by atoms with van der Waals surface area (Å²) in [5.74, 6) is -4.35. The molecule has 13 heteroatoms. The Morgan fingerprint density at radius 2 is 1.73 bits per heavy atom. The van der Waals surface area contributed by atoms with Crippen LogP contribution in [0.1, 0.15) is 34.3 Å². The Labute approximate surface area is 231 Å². The van der Waals surface area contributed by atoms with Gasteiger partial charge >= 0.3 is 6.09 Å². The van der Waals surface area contributed by atoms with Crippen molar-refractivity contribution in [2.24, 2.45) is 0 Å². The summed E-state index contributed by atoms with van der Waals surface area (Å²) < 4.78 is 57.0. The summed E-state index contributed by atoms with van der Waals surface area (Å²) in [6.07, 6.45) is -0.679. The lowest BCUT2D eigenvalue weighted by molar-refractivity contribution is -0.136. The van der Waals surface area contributed by atoms with Gasteiger partial charge in [0.2, 0.25) is 11.8 Å². The van der Waals surface area contributed by atoms with Gasteiger partial charge in [-0.15, -0.1) is 0 Å². The van der Waals surface area contributed by atoms with Crippen molar-refractivity contribution in [1.29, 1.82) is 0 Å². The van der Waals surface area contributed by atoms with Gasteiger partial charge in [0.1, 0.15) is 29.9 Å². The molecule has 0 aromatic heterocycles. The van der Waals surface area contributed by atoms with E-state index in [-0.39, 0.29) is 54.5 Å². The van der Waals surface area contributed by atoms with Crippen LogP contribution in [0, 0.1) is 17.5 Å². The van der Waals surface area contributed by atoms with Gasteiger partial charge in [0.15, 0.2) is 17.5 Å². The summed E-state index contributed by atoms with van der Waals surface area (Å²) in [4.78, 5) is 50.8. The molecule has 0 saturated carbocycles. The van der Waals surface area contributed by atoms with Crippen molar-refractivity contribution in [1.82, 2.24) is 10.2 Å². The van der Waals surface area contributed by atoms with Crippen molar-refractivity contribution in [3.8, 4) is 17.2 Å². The first-order valence-electron chi connectivity index (χ1n) is 12.3. The van der Waals surface area contributed by atoms with Crippen molar-refractivity contribution < 1.29 is 46.6 Å². The Morgan fingerprint density at radius 3 is 2.41 bits per heavy atom. The second-order valence-corrected chi connectivity index (χ2v) is 9.21. The smallest absolute Gasteiger partial charge is 0.412 e. The van der Waals surface area contributed by atoms with E-state index >= 15 is 0 Å². The van der Waals surface area contributed by atoms with E-state index in [0.29, 0.717) is 11.1 Å². The second-order valence-electron chi connectivity index (χ2n) is 9.21. The topological polar surface area (TPSA) is 123 Å². The molecule has 1 atom stereocenters. The largest absolute Gasteiger partial charge is 0.495 e. The Bertz CT molecular complexity index is 1580. The van der Waals surface area contributed by atoms with E-state index in [4.69, 9.17) is 14.2 Å². The molecule has 212 valence electrons. The molecule has 1 saturated heterocycles. The maximum atomic E-state index is 14.6. The number of nitrogens with one attached hydrogen (secondary N) is 2. The van der Waals surface area contributed by atoms with Gasteiger partial charge in [0.25, 0.3) is 5.91 Å². The highest BCUT2D eigenvalue weighted by Gasteiger charge is 2.41. The molecule has 4 amide bonds. The fourth-order valence-electron chi connectivity index (χ4n) is 4.64. The average molecular weight is 569 g/mol. The normalized spacial score (nSPS) is 16.2. The molecule has 1 fully saturated rings. The van der Waals surface area contributed by atoms with Crippen molar-refractivity contribution in [2.75, 3.05) is 12.4 Å². The third-order valence-corrected chi connectivity index (χ3v) is 6.59. The Hall–Kier alpha value is -5.07. The minimum absolute atomic E-state index is 0.0219. The molecule has 0 radical (unpaired) electrons. The maximum absolute atomic E-state index is 14.6. The first-order chi connectivity index (χ1) is 19.6. The van der Waals surface area contributed by atoms with Crippen molar-refractivity contribution in [3.05, 3.63) is 82.7 Å². The highest BCUT2D eigenvalue weighted by Crippen LogP contribution is 2.36. The Kier molecular flexibility index (Phi) is 7.51. The van der Waals surface area contributed by atoms with E-state index in [2.05, 4.69) is 10.6 Å². The molecule has 3 aromatic rings. The number of piperidine rings is 1. The number of carbonyl (C=O) groups excluding carboxylic acids is 4. The van der Waals surface area contributed by atoms with Crippen LogP contribution in [0.3, 0.4) is 0 Å². The van der Waals surface area contributed by atoms with Gasteiger partial charge in [-0.2, -0.15) is 0 Å². The average Bonchev–Trinajstić information content (AvgIpc) is 3.27. The highest BCUT2D eigenvalue weighted by molar-refractivity contribution is 6.06. The van der Waals surface area contributed by atoms with Crippen molar-refractivity contribution >= 4 is 29.5 Å². The number of methoxy groups -OCH3 is 1. The minimum atomic E-state index is -1.12. The molecule has 10 nitrogen and oxygen atoms in total. The zero-order chi connectivity index (χ0) is 29.3.